The highest BCUT2D eigenvalue weighted by atomic mass is 16.3. The fraction of sp³-hybridized carbons (Fsp3) is 0.917. The van der Waals surface area contributed by atoms with Crippen LogP contribution < -0.4 is 11.1 Å². The molecule has 0 aromatic rings. The number of rotatable bonds is 6. The first-order valence-electron chi connectivity index (χ1n) is 6.39. The van der Waals surface area contributed by atoms with Gasteiger partial charge in [0.25, 0.3) is 0 Å². The van der Waals surface area contributed by atoms with Crippen LogP contribution in [-0.2, 0) is 4.79 Å². The van der Waals surface area contributed by atoms with Gasteiger partial charge < -0.3 is 16.2 Å². The normalized spacial score (nSPS) is 19.4. The van der Waals surface area contributed by atoms with E-state index < -0.39 is 0 Å². The zero-order valence-electron chi connectivity index (χ0n) is 9.95. The van der Waals surface area contributed by atoms with Crippen molar-refractivity contribution in [1.82, 2.24) is 5.32 Å². The number of carbonyl (C=O) groups is 1. The van der Waals surface area contributed by atoms with Crippen molar-refractivity contribution in [2.45, 2.75) is 51.0 Å². The molecule has 0 saturated heterocycles. The lowest BCUT2D eigenvalue weighted by Crippen LogP contribution is -2.37. The number of hydrogen-bond acceptors (Lipinski definition) is 3. The number of amides is 1. The average molecular weight is 228 g/mol. The zero-order valence-corrected chi connectivity index (χ0v) is 9.95. The van der Waals surface area contributed by atoms with Crippen molar-refractivity contribution >= 4 is 5.91 Å². The van der Waals surface area contributed by atoms with Crippen LogP contribution in [-0.4, -0.2) is 30.2 Å². The van der Waals surface area contributed by atoms with Crippen molar-refractivity contribution in [2.75, 3.05) is 13.1 Å². The lowest BCUT2D eigenvalue weighted by molar-refractivity contribution is -0.121. The van der Waals surface area contributed by atoms with Gasteiger partial charge >= 0.3 is 0 Å². The molecule has 1 saturated carbocycles. The van der Waals surface area contributed by atoms with Crippen molar-refractivity contribution in [3.8, 4) is 0 Å². The molecule has 1 atom stereocenters. The van der Waals surface area contributed by atoms with Crippen LogP contribution in [0.2, 0.25) is 0 Å². The van der Waals surface area contributed by atoms with Crippen molar-refractivity contribution in [2.24, 2.45) is 11.7 Å². The Morgan fingerprint density at radius 2 is 2.06 bits per heavy atom. The standard InChI is InChI=1S/C12H24N2O2/c13-8-4-7-12(16)14-9-11(15)10-5-2-1-3-6-10/h10-11,15H,1-9,13H2,(H,14,16). The molecule has 1 unspecified atom stereocenters. The van der Waals surface area contributed by atoms with Gasteiger partial charge in [0.2, 0.25) is 5.91 Å². The second kappa shape index (κ2) is 7.63. The molecule has 1 fully saturated rings. The van der Waals surface area contributed by atoms with Crippen LogP contribution in [0, 0.1) is 5.92 Å². The molecule has 0 radical (unpaired) electrons. The summed E-state index contributed by atoms with van der Waals surface area (Å²) in [4.78, 5) is 11.3. The minimum atomic E-state index is -0.373. The summed E-state index contributed by atoms with van der Waals surface area (Å²) in [5.41, 5.74) is 5.32. The summed E-state index contributed by atoms with van der Waals surface area (Å²) in [6.45, 7) is 0.937. The van der Waals surface area contributed by atoms with E-state index in [2.05, 4.69) is 5.32 Å². The predicted molar refractivity (Wildman–Crippen MR) is 63.9 cm³/mol. The van der Waals surface area contributed by atoms with Crippen LogP contribution >= 0.6 is 0 Å². The van der Waals surface area contributed by atoms with E-state index in [-0.39, 0.29) is 12.0 Å². The van der Waals surface area contributed by atoms with E-state index in [0.717, 1.165) is 12.8 Å². The zero-order chi connectivity index (χ0) is 11.8. The molecule has 1 amide bonds. The van der Waals surface area contributed by atoms with Gasteiger partial charge in [-0.05, 0) is 31.7 Å². The van der Waals surface area contributed by atoms with Gasteiger partial charge in [-0.3, -0.25) is 4.79 Å². The fourth-order valence-corrected chi connectivity index (χ4v) is 2.26. The largest absolute Gasteiger partial charge is 0.391 e. The molecule has 0 aliphatic heterocycles. The molecule has 0 aromatic heterocycles. The van der Waals surface area contributed by atoms with E-state index in [0.29, 0.717) is 31.8 Å². The molecule has 4 N–H and O–H groups in total. The van der Waals surface area contributed by atoms with Gasteiger partial charge in [-0.15, -0.1) is 0 Å². The van der Waals surface area contributed by atoms with E-state index in [9.17, 15) is 9.90 Å². The molecule has 16 heavy (non-hydrogen) atoms. The van der Waals surface area contributed by atoms with Gasteiger partial charge in [-0.2, -0.15) is 0 Å². The summed E-state index contributed by atoms with van der Waals surface area (Å²) < 4.78 is 0. The molecular weight excluding hydrogens is 204 g/mol. The summed E-state index contributed by atoms with van der Waals surface area (Å²) in [6, 6.07) is 0. The third kappa shape index (κ3) is 4.94. The number of nitrogens with one attached hydrogen (secondary N) is 1. The first-order chi connectivity index (χ1) is 7.74. The van der Waals surface area contributed by atoms with Crippen LogP contribution in [0.1, 0.15) is 44.9 Å². The van der Waals surface area contributed by atoms with E-state index in [1.54, 1.807) is 0 Å². The molecule has 4 nitrogen and oxygen atoms in total. The molecule has 0 spiro atoms. The Hall–Kier alpha value is -0.610. The topological polar surface area (TPSA) is 75.4 Å². The maximum Gasteiger partial charge on any atom is 0.220 e. The summed E-state index contributed by atoms with van der Waals surface area (Å²) in [7, 11) is 0. The molecule has 1 aliphatic rings. The maximum absolute atomic E-state index is 11.3. The minimum absolute atomic E-state index is 0.000287. The quantitative estimate of drug-likeness (QED) is 0.629. The lowest BCUT2D eigenvalue weighted by atomic mass is 9.85. The first kappa shape index (κ1) is 13.5. The number of hydrogen-bond donors (Lipinski definition) is 3. The molecule has 1 rings (SSSR count). The maximum atomic E-state index is 11.3. The van der Waals surface area contributed by atoms with Gasteiger partial charge in [0.15, 0.2) is 0 Å². The van der Waals surface area contributed by atoms with Crippen LogP contribution in [0.3, 0.4) is 0 Å². The minimum Gasteiger partial charge on any atom is -0.391 e. The lowest BCUT2D eigenvalue weighted by Gasteiger charge is -2.26. The second-order valence-electron chi connectivity index (χ2n) is 4.66. The van der Waals surface area contributed by atoms with Gasteiger partial charge in [-0.25, -0.2) is 0 Å². The Labute approximate surface area is 97.6 Å². The third-order valence-electron chi connectivity index (χ3n) is 3.31. The second-order valence-corrected chi connectivity index (χ2v) is 4.66. The molecule has 4 heteroatoms. The Bertz CT molecular complexity index is 203. The smallest absolute Gasteiger partial charge is 0.220 e. The Kier molecular flexibility index (Phi) is 6.42. The van der Waals surface area contributed by atoms with E-state index >= 15 is 0 Å². The summed E-state index contributed by atoms with van der Waals surface area (Å²) in [6.07, 6.45) is 6.71. The highest BCUT2D eigenvalue weighted by Crippen LogP contribution is 2.26. The molecule has 1 aliphatic carbocycles. The molecule has 0 bridgehead atoms. The van der Waals surface area contributed by atoms with Gasteiger partial charge in [-0.1, -0.05) is 19.3 Å². The van der Waals surface area contributed by atoms with E-state index in [1.807, 2.05) is 0 Å². The van der Waals surface area contributed by atoms with E-state index in [1.165, 1.54) is 19.3 Å². The predicted octanol–water partition coefficient (Wildman–Crippen LogP) is 0.783. The highest BCUT2D eigenvalue weighted by Gasteiger charge is 2.21. The molecule has 94 valence electrons. The van der Waals surface area contributed by atoms with Crippen molar-refractivity contribution in [3.05, 3.63) is 0 Å². The van der Waals surface area contributed by atoms with Crippen molar-refractivity contribution < 1.29 is 9.90 Å². The first-order valence-corrected chi connectivity index (χ1v) is 6.39. The van der Waals surface area contributed by atoms with Crippen LogP contribution in [0.25, 0.3) is 0 Å². The number of aliphatic hydroxyl groups is 1. The monoisotopic (exact) mass is 228 g/mol. The van der Waals surface area contributed by atoms with Crippen LogP contribution in [0.15, 0.2) is 0 Å². The van der Waals surface area contributed by atoms with Crippen LogP contribution in [0.5, 0.6) is 0 Å². The number of aliphatic hydroxyl groups excluding tert-OH is 1. The molecular formula is C12H24N2O2. The molecule has 0 heterocycles. The summed E-state index contributed by atoms with van der Waals surface area (Å²) in [5, 5.41) is 12.7. The Morgan fingerprint density at radius 3 is 2.69 bits per heavy atom. The van der Waals surface area contributed by atoms with Gasteiger partial charge in [0.1, 0.15) is 0 Å². The highest BCUT2D eigenvalue weighted by molar-refractivity contribution is 5.75. The average Bonchev–Trinajstić information content (AvgIpc) is 2.34. The number of nitrogens with two attached hydrogens (primary N) is 1. The van der Waals surface area contributed by atoms with Crippen molar-refractivity contribution in [1.29, 1.82) is 0 Å². The van der Waals surface area contributed by atoms with Crippen LogP contribution in [0.4, 0.5) is 0 Å². The van der Waals surface area contributed by atoms with E-state index in [4.69, 9.17) is 5.73 Å². The molecule has 0 aromatic carbocycles. The summed E-state index contributed by atoms with van der Waals surface area (Å²) >= 11 is 0. The summed E-state index contributed by atoms with van der Waals surface area (Å²) in [5.74, 6) is 0.379. The van der Waals surface area contributed by atoms with Crippen molar-refractivity contribution in [3.63, 3.8) is 0 Å². The Balaban J connectivity index is 2.13. The van der Waals surface area contributed by atoms with Gasteiger partial charge in [0.05, 0.1) is 6.10 Å². The SMILES string of the molecule is NCCCC(=O)NCC(O)C1CCCCC1. The Morgan fingerprint density at radius 1 is 1.38 bits per heavy atom. The fourth-order valence-electron chi connectivity index (χ4n) is 2.26. The number of carbonyl (C=O) groups excluding carboxylic acids is 1. The van der Waals surface area contributed by atoms with Gasteiger partial charge in [0, 0.05) is 13.0 Å². The third-order valence-corrected chi connectivity index (χ3v) is 3.31.